The van der Waals surface area contributed by atoms with Crippen molar-refractivity contribution in [3.05, 3.63) is 12.3 Å². The largest absolute Gasteiger partial charge is 0.496 e. The van der Waals surface area contributed by atoms with Gasteiger partial charge in [-0.15, -0.1) is 0 Å². The summed E-state index contributed by atoms with van der Waals surface area (Å²) in [5.41, 5.74) is -0.532. The summed E-state index contributed by atoms with van der Waals surface area (Å²) >= 11 is 0. The Kier molecular flexibility index (Phi) is 5.57. The van der Waals surface area contributed by atoms with Crippen molar-refractivity contribution in [1.29, 1.82) is 0 Å². The summed E-state index contributed by atoms with van der Waals surface area (Å²) in [7, 11) is -3.13. The zero-order chi connectivity index (χ0) is 19.9. The van der Waals surface area contributed by atoms with Crippen molar-refractivity contribution >= 4 is 22.6 Å². The van der Waals surface area contributed by atoms with E-state index in [2.05, 4.69) is 9.71 Å². The number of ether oxygens (including phenoxy) is 2. The molecular weight excluding hydrogens is 371 g/mol. The van der Waals surface area contributed by atoms with Gasteiger partial charge in [0.25, 0.3) is 0 Å². The second-order valence-corrected chi connectivity index (χ2v) is 9.55. The van der Waals surface area contributed by atoms with Crippen LogP contribution in [0.2, 0.25) is 0 Å². The van der Waals surface area contributed by atoms with Crippen molar-refractivity contribution < 1.29 is 27.2 Å². The van der Waals surface area contributed by atoms with Crippen molar-refractivity contribution in [2.45, 2.75) is 62.7 Å². The van der Waals surface area contributed by atoms with Crippen LogP contribution in [0.15, 0.2) is 17.2 Å². The first-order valence-electron chi connectivity index (χ1n) is 9.05. The Morgan fingerprint density at radius 3 is 2.33 bits per heavy atom. The Morgan fingerprint density at radius 2 is 1.78 bits per heavy atom. The first kappa shape index (κ1) is 20.5. The average molecular weight is 398 g/mol. The maximum absolute atomic E-state index is 12.9. The van der Waals surface area contributed by atoms with Gasteiger partial charge in [0.2, 0.25) is 15.9 Å². The number of hydrogen-bond acceptors (Lipinski definition) is 7. The molecular formula is C17H27BN2O6S. The molecule has 0 atom stereocenters. The number of nitrogens with zero attached hydrogens (tertiary/aromatic N) is 1. The fourth-order valence-corrected chi connectivity index (χ4v) is 4.46. The zero-order valence-corrected chi connectivity index (χ0v) is 17.3. The van der Waals surface area contributed by atoms with Crippen molar-refractivity contribution in [2.75, 3.05) is 20.3 Å². The maximum atomic E-state index is 12.9. The van der Waals surface area contributed by atoms with Crippen LogP contribution in [0.4, 0.5) is 0 Å². The van der Waals surface area contributed by atoms with E-state index in [0.717, 1.165) is 0 Å². The quantitative estimate of drug-likeness (QED) is 0.735. The molecule has 0 saturated carbocycles. The van der Waals surface area contributed by atoms with Crippen molar-refractivity contribution in [2.24, 2.45) is 0 Å². The van der Waals surface area contributed by atoms with E-state index in [1.807, 2.05) is 27.7 Å². The van der Waals surface area contributed by atoms with Gasteiger partial charge in [-0.2, -0.15) is 0 Å². The summed E-state index contributed by atoms with van der Waals surface area (Å²) in [4.78, 5) is 4.15. The van der Waals surface area contributed by atoms with Crippen LogP contribution < -0.4 is 14.9 Å². The first-order chi connectivity index (χ1) is 12.6. The third-order valence-corrected chi connectivity index (χ3v) is 6.91. The van der Waals surface area contributed by atoms with Gasteiger partial charge in [-0.05, 0) is 46.6 Å². The minimum Gasteiger partial charge on any atom is -0.480 e. The Labute approximate surface area is 161 Å². The van der Waals surface area contributed by atoms with Crippen LogP contribution in [-0.4, -0.2) is 58.1 Å². The normalized spacial score (nSPS) is 22.8. The molecule has 2 aliphatic heterocycles. The molecule has 0 aliphatic carbocycles. The molecule has 0 radical (unpaired) electrons. The monoisotopic (exact) mass is 398 g/mol. The molecule has 3 rings (SSSR count). The van der Waals surface area contributed by atoms with Crippen LogP contribution in [0, 0.1) is 0 Å². The first-order valence-corrected chi connectivity index (χ1v) is 10.5. The number of methoxy groups -OCH3 is 1. The molecule has 150 valence electrons. The summed E-state index contributed by atoms with van der Waals surface area (Å²) in [5.74, 6) is 0.0369. The van der Waals surface area contributed by atoms with Gasteiger partial charge in [-0.1, -0.05) is 0 Å². The minimum atomic E-state index is -3.82. The lowest BCUT2D eigenvalue weighted by Crippen LogP contribution is -2.41. The van der Waals surface area contributed by atoms with Crippen molar-refractivity contribution in [3.63, 3.8) is 0 Å². The Bertz CT molecular complexity index is 777. The summed E-state index contributed by atoms with van der Waals surface area (Å²) in [6.45, 7) is 8.83. The molecule has 1 aromatic rings. The van der Waals surface area contributed by atoms with E-state index >= 15 is 0 Å². The van der Waals surface area contributed by atoms with Gasteiger partial charge >= 0.3 is 7.12 Å². The predicted molar refractivity (Wildman–Crippen MR) is 101 cm³/mol. The van der Waals surface area contributed by atoms with Crippen LogP contribution in [0.5, 0.6) is 5.88 Å². The predicted octanol–water partition coefficient (Wildman–Crippen LogP) is 0.847. The number of hydrogen-bond donors (Lipinski definition) is 1. The van der Waals surface area contributed by atoms with Gasteiger partial charge < -0.3 is 18.8 Å². The lowest BCUT2D eigenvalue weighted by atomic mass is 9.80. The molecule has 10 heteroatoms. The smallest absolute Gasteiger partial charge is 0.480 e. The van der Waals surface area contributed by atoms with Crippen LogP contribution in [0.25, 0.3) is 0 Å². The molecule has 27 heavy (non-hydrogen) atoms. The summed E-state index contributed by atoms with van der Waals surface area (Å²) in [6.07, 6.45) is 2.78. The van der Waals surface area contributed by atoms with E-state index in [9.17, 15) is 8.42 Å². The fraction of sp³-hybridized carbons (Fsp3) is 0.706. The highest BCUT2D eigenvalue weighted by Gasteiger charge is 2.52. The standard InChI is InChI=1S/C17H27BN2O6S/c1-16(2)17(3,4)26-18(25-16)12-10-14(15(23-5)19-11-12)27(21,22)20-13-6-8-24-9-7-13/h10-11,13,20H,6-9H2,1-5H3. The Balaban J connectivity index is 1.90. The van der Waals surface area contributed by atoms with E-state index in [1.165, 1.54) is 19.4 Å². The second-order valence-electron chi connectivity index (χ2n) is 7.87. The van der Waals surface area contributed by atoms with E-state index in [0.29, 0.717) is 31.5 Å². The molecule has 3 heterocycles. The number of rotatable bonds is 5. The van der Waals surface area contributed by atoms with Gasteiger partial charge in [0, 0.05) is 30.9 Å². The molecule has 0 unspecified atom stereocenters. The lowest BCUT2D eigenvalue weighted by molar-refractivity contribution is 0.00578. The molecule has 8 nitrogen and oxygen atoms in total. The number of nitrogens with one attached hydrogen (secondary N) is 1. The molecule has 1 N–H and O–H groups in total. The van der Waals surface area contributed by atoms with E-state index in [-0.39, 0.29) is 16.8 Å². The van der Waals surface area contributed by atoms with Gasteiger partial charge in [-0.25, -0.2) is 18.1 Å². The average Bonchev–Trinajstić information content (AvgIpc) is 2.82. The highest BCUT2D eigenvalue weighted by Crippen LogP contribution is 2.36. The highest BCUT2D eigenvalue weighted by molar-refractivity contribution is 7.89. The summed E-state index contributed by atoms with van der Waals surface area (Å²) in [6, 6.07) is 1.34. The third kappa shape index (κ3) is 4.14. The third-order valence-electron chi connectivity index (χ3n) is 5.39. The van der Waals surface area contributed by atoms with Crippen LogP contribution in [0.1, 0.15) is 40.5 Å². The Morgan fingerprint density at radius 1 is 1.19 bits per heavy atom. The van der Waals surface area contributed by atoms with E-state index in [1.54, 1.807) is 0 Å². The summed E-state index contributed by atoms with van der Waals surface area (Å²) in [5, 5.41) is 0. The zero-order valence-electron chi connectivity index (χ0n) is 16.4. The number of aromatic nitrogens is 1. The molecule has 2 saturated heterocycles. The molecule has 0 spiro atoms. The molecule has 2 aliphatic rings. The topological polar surface area (TPSA) is 96.0 Å². The van der Waals surface area contributed by atoms with Crippen LogP contribution >= 0.6 is 0 Å². The molecule has 0 bridgehead atoms. The fourth-order valence-electron chi connectivity index (χ4n) is 3.00. The van der Waals surface area contributed by atoms with Crippen LogP contribution in [-0.2, 0) is 24.1 Å². The van der Waals surface area contributed by atoms with Gasteiger partial charge in [0.1, 0.15) is 4.90 Å². The molecule has 0 amide bonds. The van der Waals surface area contributed by atoms with E-state index < -0.39 is 28.3 Å². The van der Waals surface area contributed by atoms with E-state index in [4.69, 9.17) is 18.8 Å². The van der Waals surface area contributed by atoms with Gasteiger partial charge in [-0.3, -0.25) is 0 Å². The maximum Gasteiger partial charge on any atom is 0.496 e. The van der Waals surface area contributed by atoms with Gasteiger partial charge in [0.05, 0.1) is 18.3 Å². The SMILES string of the molecule is COc1ncc(B2OC(C)(C)C(C)(C)O2)cc1S(=O)(=O)NC1CCOCC1. The summed E-state index contributed by atoms with van der Waals surface area (Å²) < 4.78 is 51.1. The molecule has 2 fully saturated rings. The molecule has 0 aromatic carbocycles. The second kappa shape index (κ2) is 7.33. The van der Waals surface area contributed by atoms with Gasteiger partial charge in [0.15, 0.2) is 0 Å². The lowest BCUT2D eigenvalue weighted by Gasteiger charge is -2.32. The number of sulfonamides is 1. The van der Waals surface area contributed by atoms with Crippen molar-refractivity contribution in [3.8, 4) is 5.88 Å². The minimum absolute atomic E-state index is 0.0243. The molecule has 1 aromatic heterocycles. The highest BCUT2D eigenvalue weighted by atomic mass is 32.2. The Hall–Kier alpha value is -1.20. The van der Waals surface area contributed by atoms with Crippen molar-refractivity contribution in [1.82, 2.24) is 9.71 Å². The number of pyridine rings is 1. The van der Waals surface area contributed by atoms with Crippen LogP contribution in [0.3, 0.4) is 0 Å².